The molecule has 3 heterocycles. The summed E-state index contributed by atoms with van der Waals surface area (Å²) >= 11 is 0. The molecule has 5 nitrogen and oxygen atoms in total. The van der Waals surface area contributed by atoms with Gasteiger partial charge in [0.15, 0.2) is 0 Å². The molecular formula is C18H21N5. The number of hydrogen-bond acceptors (Lipinski definition) is 4. The molecule has 0 saturated heterocycles. The Labute approximate surface area is 135 Å². The molecule has 118 valence electrons. The largest absolute Gasteiger partial charge is 0.364 e. The van der Waals surface area contributed by atoms with Gasteiger partial charge in [-0.3, -0.25) is 0 Å². The summed E-state index contributed by atoms with van der Waals surface area (Å²) in [5, 5.41) is 3.40. The number of nitrogens with zero attached hydrogens (tertiary/aromatic N) is 4. The Morgan fingerprint density at radius 3 is 2.78 bits per heavy atom. The number of anilines is 1. The summed E-state index contributed by atoms with van der Waals surface area (Å²) in [5.74, 6) is 2.44. The van der Waals surface area contributed by atoms with Crippen molar-refractivity contribution in [3.63, 3.8) is 0 Å². The van der Waals surface area contributed by atoms with E-state index >= 15 is 0 Å². The Morgan fingerprint density at radius 2 is 2.04 bits per heavy atom. The molecule has 1 saturated carbocycles. The summed E-state index contributed by atoms with van der Waals surface area (Å²) in [7, 11) is 0. The Morgan fingerprint density at radius 1 is 1.17 bits per heavy atom. The van der Waals surface area contributed by atoms with Gasteiger partial charge in [-0.2, -0.15) is 0 Å². The first kappa shape index (κ1) is 14.2. The van der Waals surface area contributed by atoms with Gasteiger partial charge >= 0.3 is 0 Å². The van der Waals surface area contributed by atoms with E-state index in [1.807, 2.05) is 25.1 Å². The molecule has 3 aromatic rings. The molecule has 0 spiro atoms. The van der Waals surface area contributed by atoms with Gasteiger partial charge in [-0.15, -0.1) is 0 Å². The van der Waals surface area contributed by atoms with Crippen LogP contribution in [0.15, 0.2) is 30.5 Å². The number of aromatic nitrogens is 4. The highest BCUT2D eigenvalue weighted by atomic mass is 15.1. The van der Waals surface area contributed by atoms with Crippen molar-refractivity contribution in [1.29, 1.82) is 0 Å². The van der Waals surface area contributed by atoms with E-state index in [0.29, 0.717) is 12.5 Å². The predicted octanol–water partition coefficient (Wildman–Crippen LogP) is 3.62. The lowest BCUT2D eigenvalue weighted by Crippen LogP contribution is -2.14. The minimum Gasteiger partial charge on any atom is -0.364 e. The number of hydrogen-bond donors (Lipinski definition) is 1. The third kappa shape index (κ3) is 2.79. The van der Waals surface area contributed by atoms with Crippen LogP contribution in [-0.2, 0) is 6.54 Å². The van der Waals surface area contributed by atoms with Crippen LogP contribution in [0.3, 0.4) is 0 Å². The van der Waals surface area contributed by atoms with Crippen LogP contribution in [0.4, 0.5) is 5.82 Å². The van der Waals surface area contributed by atoms with E-state index < -0.39 is 0 Å². The summed E-state index contributed by atoms with van der Waals surface area (Å²) in [6, 6.07) is 8.15. The van der Waals surface area contributed by atoms with Crippen LogP contribution in [0.5, 0.6) is 0 Å². The van der Waals surface area contributed by atoms with Gasteiger partial charge in [0.05, 0.1) is 12.2 Å². The van der Waals surface area contributed by atoms with Crippen molar-refractivity contribution >= 4 is 11.5 Å². The van der Waals surface area contributed by atoms with Crippen molar-refractivity contribution in [3.05, 3.63) is 53.4 Å². The fraction of sp³-hybridized carbons (Fsp3) is 0.389. The molecule has 5 heteroatoms. The van der Waals surface area contributed by atoms with Crippen LogP contribution in [-0.4, -0.2) is 19.4 Å². The Hall–Kier alpha value is -2.43. The highest BCUT2D eigenvalue weighted by Gasteiger charge is 2.22. The van der Waals surface area contributed by atoms with Crippen LogP contribution in [0, 0.1) is 13.8 Å². The molecule has 0 unspecified atom stereocenters. The molecule has 23 heavy (non-hydrogen) atoms. The zero-order valence-corrected chi connectivity index (χ0v) is 13.6. The summed E-state index contributed by atoms with van der Waals surface area (Å²) < 4.78 is 2.11. The number of fused-ring (bicyclic) bond motifs is 1. The minimum absolute atomic E-state index is 0.549. The van der Waals surface area contributed by atoms with Crippen LogP contribution >= 0.6 is 0 Å². The molecule has 1 aliphatic carbocycles. The minimum atomic E-state index is 0.549. The van der Waals surface area contributed by atoms with Crippen LogP contribution in [0.2, 0.25) is 0 Å². The fourth-order valence-corrected chi connectivity index (χ4v) is 3.00. The topological polar surface area (TPSA) is 55.1 Å². The molecule has 0 radical (unpaired) electrons. The molecule has 4 rings (SSSR count). The van der Waals surface area contributed by atoms with Crippen LogP contribution in [0.1, 0.15) is 48.1 Å². The molecule has 0 aliphatic heterocycles. The van der Waals surface area contributed by atoms with E-state index in [1.165, 1.54) is 25.0 Å². The van der Waals surface area contributed by atoms with Gasteiger partial charge in [0.1, 0.15) is 17.3 Å². The van der Waals surface area contributed by atoms with Crippen LogP contribution in [0.25, 0.3) is 5.65 Å². The summed E-state index contributed by atoms with van der Waals surface area (Å²) in [6.45, 7) is 4.79. The monoisotopic (exact) mass is 307 g/mol. The number of rotatable bonds is 4. The van der Waals surface area contributed by atoms with Crippen molar-refractivity contribution in [2.75, 3.05) is 5.32 Å². The number of pyridine rings is 1. The fourth-order valence-electron chi connectivity index (χ4n) is 3.00. The van der Waals surface area contributed by atoms with E-state index in [-0.39, 0.29) is 0 Å². The molecule has 3 aromatic heterocycles. The number of aryl methyl sites for hydroxylation is 2. The maximum atomic E-state index is 4.69. The van der Waals surface area contributed by atoms with Crippen molar-refractivity contribution in [1.82, 2.24) is 19.4 Å². The summed E-state index contributed by atoms with van der Waals surface area (Å²) in [5.41, 5.74) is 4.21. The maximum absolute atomic E-state index is 4.69. The predicted molar refractivity (Wildman–Crippen MR) is 90.6 cm³/mol. The smallest absolute Gasteiger partial charge is 0.137 e. The third-order valence-corrected chi connectivity index (χ3v) is 4.54. The lowest BCUT2D eigenvalue weighted by atomic mass is 9.85. The van der Waals surface area contributed by atoms with Crippen LogP contribution < -0.4 is 5.32 Å². The second kappa shape index (κ2) is 5.65. The molecule has 0 atom stereocenters. The first-order chi connectivity index (χ1) is 11.2. The quantitative estimate of drug-likeness (QED) is 0.800. The molecular weight excluding hydrogens is 286 g/mol. The van der Waals surface area contributed by atoms with E-state index in [2.05, 4.69) is 43.9 Å². The van der Waals surface area contributed by atoms with Gasteiger partial charge in [-0.25, -0.2) is 15.0 Å². The van der Waals surface area contributed by atoms with Gasteiger partial charge in [-0.05, 0) is 38.8 Å². The molecule has 1 aliphatic rings. The maximum Gasteiger partial charge on any atom is 0.137 e. The summed E-state index contributed by atoms with van der Waals surface area (Å²) in [4.78, 5) is 13.9. The highest BCUT2D eigenvalue weighted by molar-refractivity contribution is 5.43. The van der Waals surface area contributed by atoms with Crippen molar-refractivity contribution in [2.45, 2.75) is 45.6 Å². The Bertz CT molecular complexity index is 848. The second-order valence-electron chi connectivity index (χ2n) is 6.36. The van der Waals surface area contributed by atoms with E-state index in [0.717, 1.165) is 28.7 Å². The zero-order valence-electron chi connectivity index (χ0n) is 13.6. The normalized spacial score (nSPS) is 14.9. The zero-order chi connectivity index (χ0) is 15.8. The number of imidazole rings is 1. The lowest BCUT2D eigenvalue weighted by molar-refractivity contribution is 0.401. The Kier molecular flexibility index (Phi) is 3.48. The lowest BCUT2D eigenvalue weighted by Gasteiger charge is -2.24. The molecule has 0 amide bonds. The summed E-state index contributed by atoms with van der Waals surface area (Å²) in [6.07, 6.45) is 5.81. The average molecular weight is 307 g/mol. The number of nitrogens with one attached hydrogen (secondary N) is 1. The van der Waals surface area contributed by atoms with Crippen molar-refractivity contribution in [3.8, 4) is 0 Å². The Balaban J connectivity index is 1.53. The standard InChI is InChI=1S/C18H21N5/c1-12-9-16(22-18(20-12)14-6-4-7-14)19-10-15-11-23-13(2)5-3-8-17(23)21-15/h3,5,8-9,11,14H,4,6-7,10H2,1-2H3,(H,19,20,22). The first-order valence-electron chi connectivity index (χ1n) is 8.22. The van der Waals surface area contributed by atoms with E-state index in [4.69, 9.17) is 0 Å². The van der Waals surface area contributed by atoms with Gasteiger partial charge in [-0.1, -0.05) is 12.5 Å². The second-order valence-corrected chi connectivity index (χ2v) is 6.36. The van der Waals surface area contributed by atoms with Gasteiger partial charge in [0.25, 0.3) is 0 Å². The molecule has 0 aromatic carbocycles. The average Bonchev–Trinajstić information content (AvgIpc) is 2.87. The first-order valence-corrected chi connectivity index (χ1v) is 8.22. The third-order valence-electron chi connectivity index (χ3n) is 4.54. The van der Waals surface area contributed by atoms with E-state index in [1.54, 1.807) is 0 Å². The molecule has 0 bridgehead atoms. The highest BCUT2D eigenvalue weighted by Crippen LogP contribution is 2.34. The SMILES string of the molecule is Cc1cc(NCc2cn3c(C)cccc3n2)nc(C2CCC2)n1. The molecule has 1 N–H and O–H groups in total. The van der Waals surface area contributed by atoms with Gasteiger partial charge < -0.3 is 9.72 Å². The molecule has 1 fully saturated rings. The van der Waals surface area contributed by atoms with Crippen molar-refractivity contribution in [2.24, 2.45) is 0 Å². The van der Waals surface area contributed by atoms with E-state index in [9.17, 15) is 0 Å². The van der Waals surface area contributed by atoms with Gasteiger partial charge in [0.2, 0.25) is 0 Å². The van der Waals surface area contributed by atoms with Crippen molar-refractivity contribution < 1.29 is 0 Å². The van der Waals surface area contributed by atoms with Gasteiger partial charge in [0, 0.05) is 29.6 Å².